The van der Waals surface area contributed by atoms with Gasteiger partial charge in [0.05, 0.1) is 6.54 Å². The number of nitrogens with zero attached hydrogens (tertiary/aromatic N) is 1. The maximum atomic E-state index is 12.6. The van der Waals surface area contributed by atoms with Gasteiger partial charge in [0.1, 0.15) is 0 Å². The number of nitrogens with one attached hydrogen (secondary N) is 1. The Kier molecular flexibility index (Phi) is 5.36. The third-order valence-electron chi connectivity index (χ3n) is 5.13. The minimum absolute atomic E-state index is 0.0799. The summed E-state index contributed by atoms with van der Waals surface area (Å²) in [4.78, 5) is 16.3. The zero-order valence-electron chi connectivity index (χ0n) is 14.7. The first-order valence-electron chi connectivity index (χ1n) is 8.79. The fraction of sp³-hybridized carbons (Fsp3) is 0.450. The Labute approximate surface area is 148 Å². The highest BCUT2D eigenvalue weighted by molar-refractivity contribution is 7.10. The van der Waals surface area contributed by atoms with Crippen LogP contribution >= 0.6 is 11.3 Å². The van der Waals surface area contributed by atoms with Gasteiger partial charge in [-0.15, -0.1) is 11.3 Å². The lowest BCUT2D eigenvalue weighted by molar-refractivity contribution is -0.117. The highest BCUT2D eigenvalue weighted by atomic mass is 32.1. The molecule has 0 unspecified atom stereocenters. The van der Waals surface area contributed by atoms with Crippen LogP contribution in [0.15, 0.2) is 35.7 Å². The molecule has 128 valence electrons. The maximum Gasteiger partial charge on any atom is 0.238 e. The molecule has 0 spiro atoms. The molecule has 1 amide bonds. The smallest absolute Gasteiger partial charge is 0.238 e. The zero-order chi connectivity index (χ0) is 17.1. The first-order valence-corrected chi connectivity index (χ1v) is 9.67. The van der Waals surface area contributed by atoms with Crippen LogP contribution in [0.5, 0.6) is 0 Å². The van der Waals surface area contributed by atoms with Gasteiger partial charge in [0, 0.05) is 23.2 Å². The zero-order valence-corrected chi connectivity index (χ0v) is 15.5. The third kappa shape index (κ3) is 3.55. The summed E-state index contributed by atoms with van der Waals surface area (Å²) in [7, 11) is 0. The van der Waals surface area contributed by atoms with Crippen molar-refractivity contribution >= 4 is 22.9 Å². The molecule has 3 rings (SSSR count). The second kappa shape index (κ2) is 7.49. The van der Waals surface area contributed by atoms with Gasteiger partial charge >= 0.3 is 0 Å². The standard InChI is InChI=1S/C20H26N2OS/c1-4-14(2)16-7-5-6-8-18(16)21-20(23)13-22-11-9-19-17(15(22)3)10-12-24-19/h5-8,10,12,14-15H,4,9,11,13H2,1-3H3,(H,21,23)/t14-,15+/m1/s1. The first kappa shape index (κ1) is 17.2. The Balaban J connectivity index is 1.67. The number of hydrogen-bond acceptors (Lipinski definition) is 3. The topological polar surface area (TPSA) is 32.3 Å². The SMILES string of the molecule is CC[C@@H](C)c1ccccc1NC(=O)CN1CCc2sccc2[C@@H]1C. The van der Waals surface area contributed by atoms with Gasteiger partial charge in [0.2, 0.25) is 5.91 Å². The van der Waals surface area contributed by atoms with Crippen molar-refractivity contribution in [1.82, 2.24) is 4.90 Å². The number of benzene rings is 1. The average Bonchev–Trinajstić information content (AvgIpc) is 3.06. The lowest BCUT2D eigenvalue weighted by Crippen LogP contribution is -2.39. The number of carbonyl (C=O) groups is 1. The van der Waals surface area contributed by atoms with Gasteiger partial charge in [-0.3, -0.25) is 9.69 Å². The Morgan fingerprint density at radius 3 is 2.96 bits per heavy atom. The molecule has 1 aromatic heterocycles. The summed E-state index contributed by atoms with van der Waals surface area (Å²) in [6.07, 6.45) is 2.12. The van der Waals surface area contributed by atoms with Crippen molar-refractivity contribution in [3.05, 3.63) is 51.7 Å². The van der Waals surface area contributed by atoms with E-state index in [9.17, 15) is 4.79 Å². The molecule has 0 fully saturated rings. The van der Waals surface area contributed by atoms with E-state index in [1.807, 2.05) is 29.5 Å². The fourth-order valence-electron chi connectivity index (χ4n) is 3.41. The Hall–Kier alpha value is -1.65. The Bertz CT molecular complexity index is 709. The molecule has 0 saturated carbocycles. The molecule has 3 nitrogen and oxygen atoms in total. The predicted octanol–water partition coefficient (Wildman–Crippen LogP) is 4.82. The number of carbonyl (C=O) groups excluding carboxylic acids is 1. The van der Waals surface area contributed by atoms with E-state index in [2.05, 4.69) is 48.5 Å². The molecule has 0 bridgehead atoms. The van der Waals surface area contributed by atoms with Crippen molar-refractivity contribution in [2.45, 2.75) is 45.6 Å². The van der Waals surface area contributed by atoms with Crippen LogP contribution in [0.4, 0.5) is 5.69 Å². The van der Waals surface area contributed by atoms with Crippen LogP contribution in [0.2, 0.25) is 0 Å². The van der Waals surface area contributed by atoms with E-state index in [1.54, 1.807) is 0 Å². The lowest BCUT2D eigenvalue weighted by atomic mass is 9.97. The summed E-state index contributed by atoms with van der Waals surface area (Å²) in [5.41, 5.74) is 3.57. The average molecular weight is 343 g/mol. The van der Waals surface area contributed by atoms with E-state index >= 15 is 0 Å². The molecule has 24 heavy (non-hydrogen) atoms. The monoisotopic (exact) mass is 342 g/mol. The molecule has 1 N–H and O–H groups in total. The maximum absolute atomic E-state index is 12.6. The Morgan fingerprint density at radius 2 is 2.17 bits per heavy atom. The van der Waals surface area contributed by atoms with Crippen molar-refractivity contribution in [3.8, 4) is 0 Å². The number of amides is 1. The van der Waals surface area contributed by atoms with Gasteiger partial charge in [-0.1, -0.05) is 32.0 Å². The van der Waals surface area contributed by atoms with E-state index in [0.717, 1.165) is 25.1 Å². The summed E-state index contributed by atoms with van der Waals surface area (Å²) in [6, 6.07) is 10.7. The molecular formula is C20H26N2OS. The highest BCUT2D eigenvalue weighted by Gasteiger charge is 2.26. The largest absolute Gasteiger partial charge is 0.325 e. The fourth-order valence-corrected chi connectivity index (χ4v) is 4.37. The van der Waals surface area contributed by atoms with Gasteiger partial charge in [-0.25, -0.2) is 0 Å². The highest BCUT2D eigenvalue weighted by Crippen LogP contribution is 2.32. The van der Waals surface area contributed by atoms with Crippen LogP contribution in [0.3, 0.4) is 0 Å². The van der Waals surface area contributed by atoms with Crippen LogP contribution in [0.25, 0.3) is 0 Å². The van der Waals surface area contributed by atoms with Gasteiger partial charge in [0.25, 0.3) is 0 Å². The molecule has 0 aliphatic carbocycles. The van der Waals surface area contributed by atoms with Gasteiger partial charge in [-0.05, 0) is 54.3 Å². The minimum Gasteiger partial charge on any atom is -0.325 e. The molecule has 0 radical (unpaired) electrons. The van der Waals surface area contributed by atoms with Crippen LogP contribution in [-0.2, 0) is 11.2 Å². The van der Waals surface area contributed by atoms with Crippen molar-refractivity contribution in [1.29, 1.82) is 0 Å². The van der Waals surface area contributed by atoms with E-state index in [-0.39, 0.29) is 5.91 Å². The van der Waals surface area contributed by atoms with E-state index in [1.165, 1.54) is 16.0 Å². The van der Waals surface area contributed by atoms with E-state index < -0.39 is 0 Å². The normalized spacial score (nSPS) is 18.9. The van der Waals surface area contributed by atoms with Gasteiger partial charge < -0.3 is 5.32 Å². The molecule has 2 aromatic rings. The molecular weight excluding hydrogens is 316 g/mol. The summed E-state index contributed by atoms with van der Waals surface area (Å²) < 4.78 is 0. The summed E-state index contributed by atoms with van der Waals surface area (Å²) in [5, 5.41) is 5.29. The third-order valence-corrected chi connectivity index (χ3v) is 6.13. The first-order chi connectivity index (χ1) is 11.6. The van der Waals surface area contributed by atoms with Crippen molar-refractivity contribution < 1.29 is 4.79 Å². The van der Waals surface area contributed by atoms with Crippen LogP contribution in [-0.4, -0.2) is 23.9 Å². The molecule has 2 heterocycles. The lowest BCUT2D eigenvalue weighted by Gasteiger charge is -2.33. The quantitative estimate of drug-likeness (QED) is 0.845. The second-order valence-electron chi connectivity index (χ2n) is 6.64. The molecule has 1 aromatic carbocycles. The van der Waals surface area contributed by atoms with Crippen LogP contribution in [0.1, 0.15) is 55.2 Å². The number of rotatable bonds is 5. The van der Waals surface area contributed by atoms with Gasteiger partial charge in [-0.2, -0.15) is 0 Å². The number of fused-ring (bicyclic) bond motifs is 1. The second-order valence-corrected chi connectivity index (χ2v) is 7.64. The molecule has 4 heteroatoms. The number of para-hydroxylation sites is 1. The summed E-state index contributed by atoms with van der Waals surface area (Å²) in [5.74, 6) is 0.528. The van der Waals surface area contributed by atoms with Crippen LogP contribution in [0, 0.1) is 0 Å². The number of hydrogen-bond donors (Lipinski definition) is 1. The van der Waals surface area contributed by atoms with Crippen molar-refractivity contribution in [2.75, 3.05) is 18.4 Å². The van der Waals surface area contributed by atoms with E-state index in [4.69, 9.17) is 0 Å². The van der Waals surface area contributed by atoms with Gasteiger partial charge in [0.15, 0.2) is 0 Å². The molecule has 1 aliphatic rings. The van der Waals surface area contributed by atoms with Crippen molar-refractivity contribution in [2.24, 2.45) is 0 Å². The predicted molar refractivity (Wildman–Crippen MR) is 102 cm³/mol. The van der Waals surface area contributed by atoms with Crippen molar-refractivity contribution in [3.63, 3.8) is 0 Å². The molecule has 0 saturated heterocycles. The van der Waals surface area contributed by atoms with E-state index in [0.29, 0.717) is 18.5 Å². The number of thiophene rings is 1. The molecule has 2 atom stereocenters. The molecule has 1 aliphatic heterocycles. The van der Waals surface area contributed by atoms with Crippen LogP contribution < -0.4 is 5.32 Å². The number of anilines is 1. The Morgan fingerprint density at radius 1 is 1.38 bits per heavy atom. The summed E-state index contributed by atoms with van der Waals surface area (Å²) in [6.45, 7) is 7.98. The minimum atomic E-state index is 0.0799. The summed E-state index contributed by atoms with van der Waals surface area (Å²) >= 11 is 1.83.